The van der Waals surface area contributed by atoms with E-state index in [2.05, 4.69) is 11.1 Å². The fourth-order valence-corrected chi connectivity index (χ4v) is 1.39. The van der Waals surface area contributed by atoms with Crippen LogP contribution in [0.5, 0.6) is 0 Å². The fraction of sp³-hybridized carbons (Fsp3) is 0.500. The fourth-order valence-electron chi connectivity index (χ4n) is 1.39. The molecule has 0 unspecified atom stereocenters. The SMILES string of the molecule is NCC1(c2ccc[nH]2)COC1. The summed E-state index contributed by atoms with van der Waals surface area (Å²) in [6.07, 6.45) is 1.92. The Bertz CT molecular complexity index is 221. The van der Waals surface area contributed by atoms with Crippen LogP contribution < -0.4 is 5.73 Å². The molecule has 3 N–H and O–H groups in total. The molecule has 0 amide bonds. The highest BCUT2D eigenvalue weighted by atomic mass is 16.5. The molecule has 0 radical (unpaired) electrons. The van der Waals surface area contributed by atoms with Gasteiger partial charge in [0.25, 0.3) is 0 Å². The topological polar surface area (TPSA) is 51.0 Å². The zero-order valence-electron chi connectivity index (χ0n) is 6.34. The van der Waals surface area contributed by atoms with Crippen LogP contribution in [0.25, 0.3) is 0 Å². The molecule has 2 heterocycles. The molecule has 0 spiro atoms. The second-order valence-corrected chi connectivity index (χ2v) is 3.06. The summed E-state index contributed by atoms with van der Waals surface area (Å²) >= 11 is 0. The summed E-state index contributed by atoms with van der Waals surface area (Å²) in [6, 6.07) is 4.06. The van der Waals surface area contributed by atoms with Crippen LogP contribution in [0.15, 0.2) is 18.3 Å². The van der Waals surface area contributed by atoms with Gasteiger partial charge in [-0.05, 0) is 12.1 Å². The third-order valence-electron chi connectivity index (χ3n) is 2.32. The molecule has 0 atom stereocenters. The minimum atomic E-state index is 0.0868. The molecule has 1 aromatic rings. The number of rotatable bonds is 2. The molecular formula is C8H12N2O. The highest BCUT2D eigenvalue weighted by Gasteiger charge is 2.39. The minimum absolute atomic E-state index is 0.0868. The molecule has 0 saturated carbocycles. The van der Waals surface area contributed by atoms with Gasteiger partial charge in [0.05, 0.1) is 18.6 Å². The molecule has 11 heavy (non-hydrogen) atoms. The van der Waals surface area contributed by atoms with Crippen molar-refractivity contribution in [3.8, 4) is 0 Å². The Hall–Kier alpha value is -0.800. The number of nitrogens with one attached hydrogen (secondary N) is 1. The highest BCUT2D eigenvalue weighted by Crippen LogP contribution is 2.29. The summed E-state index contributed by atoms with van der Waals surface area (Å²) in [5, 5.41) is 0. The molecule has 0 aliphatic carbocycles. The number of nitrogens with two attached hydrogens (primary N) is 1. The van der Waals surface area contributed by atoms with E-state index in [9.17, 15) is 0 Å². The summed E-state index contributed by atoms with van der Waals surface area (Å²) in [7, 11) is 0. The Morgan fingerprint density at radius 3 is 2.82 bits per heavy atom. The van der Waals surface area contributed by atoms with Crippen LogP contribution in [-0.2, 0) is 10.2 Å². The van der Waals surface area contributed by atoms with Crippen LogP contribution in [-0.4, -0.2) is 24.7 Å². The summed E-state index contributed by atoms with van der Waals surface area (Å²) in [6.45, 7) is 2.17. The first-order valence-electron chi connectivity index (χ1n) is 3.79. The first kappa shape index (κ1) is 6.88. The molecule has 1 fully saturated rings. The number of H-pyrrole nitrogens is 1. The standard InChI is InChI=1S/C8H12N2O/c9-4-8(5-11-6-8)7-2-1-3-10-7/h1-3,10H,4-6,9H2. The van der Waals surface area contributed by atoms with Gasteiger partial charge in [-0.25, -0.2) is 0 Å². The Kier molecular flexibility index (Phi) is 1.47. The number of hydrogen-bond acceptors (Lipinski definition) is 2. The maximum absolute atomic E-state index is 5.66. The van der Waals surface area contributed by atoms with Crippen molar-refractivity contribution in [2.24, 2.45) is 5.73 Å². The Morgan fingerprint density at radius 1 is 1.64 bits per heavy atom. The van der Waals surface area contributed by atoms with E-state index in [-0.39, 0.29) is 5.41 Å². The van der Waals surface area contributed by atoms with E-state index >= 15 is 0 Å². The molecular weight excluding hydrogens is 140 g/mol. The van der Waals surface area contributed by atoms with E-state index in [1.807, 2.05) is 12.3 Å². The lowest BCUT2D eigenvalue weighted by atomic mass is 9.83. The second kappa shape index (κ2) is 2.36. The van der Waals surface area contributed by atoms with E-state index in [4.69, 9.17) is 10.5 Å². The molecule has 1 aliphatic rings. The van der Waals surface area contributed by atoms with Crippen LogP contribution in [0, 0.1) is 0 Å². The zero-order valence-corrected chi connectivity index (χ0v) is 6.34. The molecule has 60 valence electrons. The predicted octanol–water partition coefficient (Wildman–Crippen LogP) is 0.241. The molecule has 0 bridgehead atoms. The lowest BCUT2D eigenvalue weighted by molar-refractivity contribution is -0.0568. The zero-order chi connectivity index (χ0) is 7.73. The average molecular weight is 152 g/mol. The van der Waals surface area contributed by atoms with Gasteiger partial charge >= 0.3 is 0 Å². The smallest absolute Gasteiger partial charge is 0.0692 e. The molecule has 1 aliphatic heterocycles. The van der Waals surface area contributed by atoms with Crippen molar-refractivity contribution in [2.45, 2.75) is 5.41 Å². The predicted molar refractivity (Wildman–Crippen MR) is 42.3 cm³/mol. The van der Waals surface area contributed by atoms with Gasteiger partial charge in [-0.3, -0.25) is 0 Å². The summed E-state index contributed by atoms with van der Waals surface area (Å²) in [5.74, 6) is 0. The first-order chi connectivity index (χ1) is 5.37. The maximum Gasteiger partial charge on any atom is 0.0692 e. The number of aromatic nitrogens is 1. The normalized spacial score (nSPS) is 21.2. The van der Waals surface area contributed by atoms with Crippen LogP contribution in [0.2, 0.25) is 0 Å². The maximum atomic E-state index is 5.66. The molecule has 2 rings (SSSR count). The lowest BCUT2D eigenvalue weighted by Crippen LogP contribution is -2.52. The Morgan fingerprint density at radius 2 is 2.45 bits per heavy atom. The Balaban J connectivity index is 2.25. The van der Waals surface area contributed by atoms with Gasteiger partial charge in [0.2, 0.25) is 0 Å². The number of ether oxygens (including phenoxy) is 1. The van der Waals surface area contributed by atoms with Gasteiger partial charge in [-0.1, -0.05) is 0 Å². The van der Waals surface area contributed by atoms with Crippen molar-refractivity contribution in [3.63, 3.8) is 0 Å². The molecule has 3 heteroatoms. The monoisotopic (exact) mass is 152 g/mol. The molecule has 3 nitrogen and oxygen atoms in total. The van der Waals surface area contributed by atoms with E-state index in [1.165, 1.54) is 5.69 Å². The Labute approximate surface area is 65.5 Å². The van der Waals surface area contributed by atoms with Crippen LogP contribution >= 0.6 is 0 Å². The average Bonchev–Trinajstić information content (AvgIpc) is 2.39. The van der Waals surface area contributed by atoms with E-state index in [0.717, 1.165) is 13.2 Å². The number of aromatic amines is 1. The van der Waals surface area contributed by atoms with Crippen molar-refractivity contribution in [1.29, 1.82) is 0 Å². The second-order valence-electron chi connectivity index (χ2n) is 3.06. The molecule has 0 aromatic carbocycles. The van der Waals surface area contributed by atoms with Gasteiger partial charge in [-0.2, -0.15) is 0 Å². The first-order valence-corrected chi connectivity index (χ1v) is 3.79. The van der Waals surface area contributed by atoms with Gasteiger partial charge in [0, 0.05) is 18.4 Å². The van der Waals surface area contributed by atoms with Crippen molar-refractivity contribution < 1.29 is 4.74 Å². The van der Waals surface area contributed by atoms with Crippen molar-refractivity contribution in [3.05, 3.63) is 24.0 Å². The van der Waals surface area contributed by atoms with Crippen LogP contribution in [0.1, 0.15) is 5.69 Å². The van der Waals surface area contributed by atoms with Crippen molar-refractivity contribution in [2.75, 3.05) is 19.8 Å². The quantitative estimate of drug-likeness (QED) is 0.638. The summed E-state index contributed by atoms with van der Waals surface area (Å²) in [4.78, 5) is 3.17. The summed E-state index contributed by atoms with van der Waals surface area (Å²) < 4.78 is 5.15. The highest BCUT2D eigenvalue weighted by molar-refractivity contribution is 5.21. The van der Waals surface area contributed by atoms with Crippen molar-refractivity contribution in [1.82, 2.24) is 4.98 Å². The van der Waals surface area contributed by atoms with Crippen LogP contribution in [0.4, 0.5) is 0 Å². The third-order valence-corrected chi connectivity index (χ3v) is 2.32. The largest absolute Gasteiger partial charge is 0.379 e. The summed E-state index contributed by atoms with van der Waals surface area (Å²) in [5.41, 5.74) is 6.95. The molecule has 1 saturated heterocycles. The van der Waals surface area contributed by atoms with E-state index < -0.39 is 0 Å². The van der Waals surface area contributed by atoms with Gasteiger partial charge in [-0.15, -0.1) is 0 Å². The number of hydrogen-bond donors (Lipinski definition) is 2. The van der Waals surface area contributed by atoms with E-state index in [0.29, 0.717) is 6.54 Å². The molecule has 1 aromatic heterocycles. The van der Waals surface area contributed by atoms with Gasteiger partial charge < -0.3 is 15.5 Å². The lowest BCUT2D eigenvalue weighted by Gasteiger charge is -2.39. The van der Waals surface area contributed by atoms with Crippen LogP contribution in [0.3, 0.4) is 0 Å². The van der Waals surface area contributed by atoms with Gasteiger partial charge in [0.1, 0.15) is 0 Å². The van der Waals surface area contributed by atoms with Crippen molar-refractivity contribution >= 4 is 0 Å². The van der Waals surface area contributed by atoms with Gasteiger partial charge in [0.15, 0.2) is 0 Å². The van der Waals surface area contributed by atoms with E-state index in [1.54, 1.807) is 0 Å². The third kappa shape index (κ3) is 0.886. The minimum Gasteiger partial charge on any atom is -0.379 e.